The Labute approximate surface area is 135 Å². The van der Waals surface area contributed by atoms with Crippen LogP contribution in [0, 0.1) is 6.92 Å². The van der Waals surface area contributed by atoms with Crippen molar-refractivity contribution >= 4 is 5.91 Å². The molecule has 1 aromatic heterocycles. The second-order valence-electron chi connectivity index (χ2n) is 5.26. The van der Waals surface area contributed by atoms with Gasteiger partial charge >= 0.3 is 0 Å². The van der Waals surface area contributed by atoms with Gasteiger partial charge in [0.25, 0.3) is 5.91 Å². The highest BCUT2D eigenvalue weighted by atomic mass is 16.3. The standard InChI is InChI=1S/C17H21N3O3/c1-3-9-19(10-11-21)17(23)16-15(22)12-13(2)20(18-16)14-7-5-4-6-8-14/h4-8,12,21H,3,9-11H2,1-2H3. The average Bonchev–Trinajstić information content (AvgIpc) is 2.55. The van der Waals surface area contributed by atoms with Gasteiger partial charge in [-0.05, 0) is 25.5 Å². The number of aliphatic hydroxyl groups excluding tert-OH is 1. The van der Waals surface area contributed by atoms with Gasteiger partial charge < -0.3 is 10.0 Å². The Morgan fingerprint density at radius 3 is 2.57 bits per heavy atom. The van der Waals surface area contributed by atoms with Crippen LogP contribution in [0.15, 0.2) is 41.2 Å². The topological polar surface area (TPSA) is 75.4 Å². The van der Waals surface area contributed by atoms with Crippen LogP contribution >= 0.6 is 0 Å². The van der Waals surface area contributed by atoms with Gasteiger partial charge in [-0.2, -0.15) is 5.10 Å². The van der Waals surface area contributed by atoms with Crippen molar-refractivity contribution in [3.63, 3.8) is 0 Å². The number of nitrogens with zero attached hydrogens (tertiary/aromatic N) is 3. The molecule has 0 spiro atoms. The molecular weight excluding hydrogens is 294 g/mol. The number of benzene rings is 1. The maximum absolute atomic E-state index is 12.6. The molecule has 0 fully saturated rings. The molecule has 23 heavy (non-hydrogen) atoms. The molecule has 6 nitrogen and oxygen atoms in total. The van der Waals surface area contributed by atoms with Crippen molar-refractivity contribution in [2.24, 2.45) is 0 Å². The fourth-order valence-corrected chi connectivity index (χ4v) is 2.38. The zero-order valence-electron chi connectivity index (χ0n) is 13.4. The summed E-state index contributed by atoms with van der Waals surface area (Å²) in [6, 6.07) is 10.7. The van der Waals surface area contributed by atoms with Gasteiger partial charge in [0.05, 0.1) is 12.3 Å². The van der Waals surface area contributed by atoms with Crippen molar-refractivity contribution in [3.05, 3.63) is 58.0 Å². The number of aryl methyl sites for hydroxylation is 1. The maximum atomic E-state index is 12.6. The van der Waals surface area contributed by atoms with Crippen LogP contribution in [0.2, 0.25) is 0 Å². The van der Waals surface area contributed by atoms with Gasteiger partial charge in [0, 0.05) is 24.8 Å². The average molecular weight is 315 g/mol. The molecule has 0 atom stereocenters. The van der Waals surface area contributed by atoms with Crippen LogP contribution in [0.1, 0.15) is 29.5 Å². The quantitative estimate of drug-likeness (QED) is 0.874. The first-order valence-electron chi connectivity index (χ1n) is 7.65. The van der Waals surface area contributed by atoms with E-state index in [1.807, 2.05) is 37.3 Å². The molecule has 0 unspecified atom stereocenters. The van der Waals surface area contributed by atoms with Gasteiger partial charge in [-0.3, -0.25) is 9.59 Å². The summed E-state index contributed by atoms with van der Waals surface area (Å²) in [5.74, 6) is -0.449. The largest absolute Gasteiger partial charge is 0.395 e. The SMILES string of the molecule is CCCN(CCO)C(=O)c1nn(-c2ccccc2)c(C)cc1=O. The molecule has 0 radical (unpaired) electrons. The number of aliphatic hydroxyl groups is 1. The number of hydrogen-bond acceptors (Lipinski definition) is 4. The molecule has 0 aliphatic heterocycles. The van der Waals surface area contributed by atoms with Crippen molar-refractivity contribution in [2.45, 2.75) is 20.3 Å². The minimum absolute atomic E-state index is 0.124. The third kappa shape index (κ3) is 3.84. The summed E-state index contributed by atoms with van der Waals surface area (Å²) in [5, 5.41) is 13.4. The van der Waals surface area contributed by atoms with Crippen molar-refractivity contribution < 1.29 is 9.90 Å². The summed E-state index contributed by atoms with van der Waals surface area (Å²) in [4.78, 5) is 26.2. The van der Waals surface area contributed by atoms with E-state index in [9.17, 15) is 9.59 Å². The van der Waals surface area contributed by atoms with Crippen molar-refractivity contribution in [1.29, 1.82) is 0 Å². The molecule has 0 aliphatic rings. The van der Waals surface area contributed by atoms with Gasteiger partial charge in [0.2, 0.25) is 5.43 Å². The molecule has 0 bridgehead atoms. The highest BCUT2D eigenvalue weighted by molar-refractivity contribution is 5.92. The Balaban J connectivity index is 2.46. The number of carbonyl (C=O) groups excluding carboxylic acids is 1. The zero-order chi connectivity index (χ0) is 16.8. The van der Waals surface area contributed by atoms with Crippen LogP contribution < -0.4 is 5.43 Å². The lowest BCUT2D eigenvalue weighted by atomic mass is 10.2. The molecule has 0 saturated heterocycles. The van der Waals surface area contributed by atoms with Gasteiger partial charge in [-0.1, -0.05) is 25.1 Å². The van der Waals surface area contributed by atoms with Gasteiger partial charge in [-0.25, -0.2) is 4.68 Å². The maximum Gasteiger partial charge on any atom is 0.278 e. The minimum Gasteiger partial charge on any atom is -0.395 e. The summed E-state index contributed by atoms with van der Waals surface area (Å²) < 4.78 is 1.58. The molecule has 1 aromatic carbocycles. The van der Waals surface area contributed by atoms with E-state index in [2.05, 4.69) is 5.10 Å². The number of para-hydroxylation sites is 1. The summed E-state index contributed by atoms with van der Waals surface area (Å²) in [5.41, 5.74) is 0.908. The van der Waals surface area contributed by atoms with Gasteiger partial charge in [-0.15, -0.1) is 0 Å². The second-order valence-corrected chi connectivity index (χ2v) is 5.26. The normalized spacial score (nSPS) is 10.6. The fraction of sp³-hybridized carbons (Fsp3) is 0.353. The Bertz CT molecular complexity index is 720. The van der Waals surface area contributed by atoms with Crippen LogP contribution in [-0.2, 0) is 0 Å². The van der Waals surface area contributed by atoms with Gasteiger partial charge in [0.15, 0.2) is 5.69 Å². The van der Waals surface area contributed by atoms with E-state index in [1.54, 1.807) is 11.6 Å². The predicted octanol–water partition coefficient (Wildman–Crippen LogP) is 1.39. The number of amides is 1. The number of aromatic nitrogens is 2. The summed E-state index contributed by atoms with van der Waals surface area (Å²) >= 11 is 0. The third-order valence-corrected chi connectivity index (χ3v) is 3.46. The molecule has 1 N–H and O–H groups in total. The van der Waals surface area contributed by atoms with E-state index in [0.717, 1.165) is 12.1 Å². The lowest BCUT2D eigenvalue weighted by Gasteiger charge is -2.21. The molecule has 122 valence electrons. The van der Waals surface area contributed by atoms with Crippen molar-refractivity contribution in [1.82, 2.24) is 14.7 Å². The Hall–Kier alpha value is -2.47. The van der Waals surface area contributed by atoms with Crippen LogP contribution in [0.3, 0.4) is 0 Å². The first-order chi connectivity index (χ1) is 11.1. The first-order valence-corrected chi connectivity index (χ1v) is 7.65. The van der Waals surface area contributed by atoms with Crippen LogP contribution in [0.5, 0.6) is 0 Å². The van der Waals surface area contributed by atoms with E-state index in [4.69, 9.17) is 5.11 Å². The molecule has 2 rings (SSSR count). The predicted molar refractivity (Wildman–Crippen MR) is 87.9 cm³/mol. The third-order valence-electron chi connectivity index (χ3n) is 3.46. The number of rotatable bonds is 6. The lowest BCUT2D eigenvalue weighted by molar-refractivity contribution is 0.0712. The van der Waals surface area contributed by atoms with E-state index >= 15 is 0 Å². The first kappa shape index (κ1) is 16.9. The Morgan fingerprint density at radius 2 is 1.96 bits per heavy atom. The smallest absolute Gasteiger partial charge is 0.278 e. The van der Waals surface area contributed by atoms with Crippen molar-refractivity contribution in [2.75, 3.05) is 19.7 Å². The molecule has 6 heteroatoms. The van der Waals surface area contributed by atoms with Gasteiger partial charge in [0.1, 0.15) is 0 Å². The van der Waals surface area contributed by atoms with Crippen LogP contribution in [0.25, 0.3) is 5.69 Å². The monoisotopic (exact) mass is 315 g/mol. The van der Waals surface area contributed by atoms with E-state index in [0.29, 0.717) is 12.2 Å². The molecule has 0 saturated carbocycles. The Morgan fingerprint density at radius 1 is 1.26 bits per heavy atom. The number of carbonyl (C=O) groups is 1. The van der Waals surface area contributed by atoms with Crippen LogP contribution in [-0.4, -0.2) is 45.4 Å². The highest BCUT2D eigenvalue weighted by Gasteiger charge is 2.20. The molecule has 1 amide bonds. The highest BCUT2D eigenvalue weighted by Crippen LogP contribution is 2.09. The van der Waals surface area contributed by atoms with E-state index in [-0.39, 0.29) is 18.8 Å². The minimum atomic E-state index is -0.449. The number of hydrogen-bond donors (Lipinski definition) is 1. The molecular formula is C17H21N3O3. The zero-order valence-corrected chi connectivity index (χ0v) is 13.4. The van der Waals surface area contributed by atoms with Crippen molar-refractivity contribution in [3.8, 4) is 5.69 Å². The molecule has 1 heterocycles. The lowest BCUT2D eigenvalue weighted by Crippen LogP contribution is -2.38. The fourth-order valence-electron chi connectivity index (χ4n) is 2.38. The Kier molecular flexibility index (Phi) is 5.65. The van der Waals surface area contributed by atoms with E-state index < -0.39 is 11.3 Å². The molecule has 2 aromatic rings. The van der Waals surface area contributed by atoms with E-state index in [1.165, 1.54) is 11.0 Å². The van der Waals surface area contributed by atoms with Crippen LogP contribution in [0.4, 0.5) is 0 Å². The summed E-state index contributed by atoms with van der Waals surface area (Å²) in [6.45, 7) is 4.22. The molecule has 0 aliphatic carbocycles. The summed E-state index contributed by atoms with van der Waals surface area (Å²) in [7, 11) is 0. The second kappa shape index (κ2) is 7.69. The summed E-state index contributed by atoms with van der Waals surface area (Å²) in [6.07, 6.45) is 0.741.